The molecule has 3 aromatic rings. The average molecular weight is 213 g/mol. The van der Waals surface area contributed by atoms with Gasteiger partial charge in [-0.15, -0.1) is 0 Å². The van der Waals surface area contributed by atoms with Crippen LogP contribution in [0, 0.1) is 5.82 Å². The van der Waals surface area contributed by atoms with Gasteiger partial charge in [0.2, 0.25) is 0 Å². The monoisotopic (exact) mass is 213 g/mol. The number of nitrogens with one attached hydrogen (secondary N) is 1. The van der Waals surface area contributed by atoms with Crippen LogP contribution in [0.15, 0.2) is 42.7 Å². The third-order valence-electron chi connectivity index (χ3n) is 2.38. The second-order valence-corrected chi connectivity index (χ2v) is 3.49. The highest BCUT2D eigenvalue weighted by atomic mass is 19.1. The minimum Gasteiger partial charge on any atom is -0.338 e. The van der Waals surface area contributed by atoms with Gasteiger partial charge in [-0.3, -0.25) is 4.98 Å². The molecule has 78 valence electrons. The van der Waals surface area contributed by atoms with Gasteiger partial charge in [-0.25, -0.2) is 9.37 Å². The summed E-state index contributed by atoms with van der Waals surface area (Å²) >= 11 is 0. The first-order valence-corrected chi connectivity index (χ1v) is 4.88. The molecule has 1 N–H and O–H groups in total. The number of H-pyrrole nitrogens is 1. The fraction of sp³-hybridized carbons (Fsp3) is 0. The number of rotatable bonds is 1. The summed E-state index contributed by atoms with van der Waals surface area (Å²) in [6.07, 6.45) is 3.42. The van der Waals surface area contributed by atoms with Crippen LogP contribution in [0.4, 0.5) is 4.39 Å². The first-order chi connectivity index (χ1) is 7.83. The molecule has 0 aliphatic rings. The molecule has 0 atom stereocenters. The Balaban J connectivity index is 2.19. The van der Waals surface area contributed by atoms with E-state index in [1.54, 1.807) is 18.5 Å². The highest BCUT2D eigenvalue weighted by molar-refractivity contribution is 5.79. The summed E-state index contributed by atoms with van der Waals surface area (Å²) in [6, 6.07) is 8.23. The van der Waals surface area contributed by atoms with Gasteiger partial charge in [0.05, 0.1) is 11.0 Å². The predicted molar refractivity (Wildman–Crippen MR) is 59.3 cm³/mol. The lowest BCUT2D eigenvalue weighted by Crippen LogP contribution is -1.80. The topological polar surface area (TPSA) is 41.6 Å². The molecule has 0 aliphatic carbocycles. The minimum absolute atomic E-state index is 0.270. The normalized spacial score (nSPS) is 10.8. The average Bonchev–Trinajstić information content (AvgIpc) is 2.73. The van der Waals surface area contributed by atoms with Gasteiger partial charge in [-0.2, -0.15) is 0 Å². The molecular weight excluding hydrogens is 205 g/mol. The van der Waals surface area contributed by atoms with Crippen LogP contribution in [0.1, 0.15) is 0 Å². The molecule has 0 radical (unpaired) electrons. The summed E-state index contributed by atoms with van der Waals surface area (Å²) in [5, 5.41) is 0. The maximum Gasteiger partial charge on any atom is 0.140 e. The Labute approximate surface area is 91.0 Å². The Morgan fingerprint density at radius 1 is 1.19 bits per heavy atom. The molecule has 1 aromatic carbocycles. The molecule has 0 amide bonds. The van der Waals surface area contributed by atoms with E-state index >= 15 is 0 Å². The molecule has 3 rings (SSSR count). The van der Waals surface area contributed by atoms with Crippen molar-refractivity contribution in [3.05, 3.63) is 48.5 Å². The third kappa shape index (κ3) is 1.44. The van der Waals surface area contributed by atoms with Crippen molar-refractivity contribution in [2.75, 3.05) is 0 Å². The van der Waals surface area contributed by atoms with Crippen LogP contribution in [0.2, 0.25) is 0 Å². The van der Waals surface area contributed by atoms with Crippen molar-refractivity contribution >= 4 is 11.0 Å². The number of pyridine rings is 1. The zero-order valence-electron chi connectivity index (χ0n) is 8.31. The molecular formula is C12H8FN3. The molecule has 0 saturated heterocycles. The van der Waals surface area contributed by atoms with Gasteiger partial charge in [-0.05, 0) is 30.3 Å². The summed E-state index contributed by atoms with van der Waals surface area (Å²) in [7, 11) is 0. The van der Waals surface area contributed by atoms with Crippen molar-refractivity contribution in [3.8, 4) is 11.4 Å². The number of hydrogen-bond acceptors (Lipinski definition) is 2. The smallest absolute Gasteiger partial charge is 0.140 e. The molecule has 0 aliphatic heterocycles. The number of benzene rings is 1. The molecule has 2 aromatic heterocycles. The molecule has 2 heterocycles. The van der Waals surface area contributed by atoms with E-state index in [1.165, 1.54) is 12.1 Å². The molecule has 4 heteroatoms. The van der Waals surface area contributed by atoms with Crippen LogP contribution in [-0.2, 0) is 0 Å². The summed E-state index contributed by atoms with van der Waals surface area (Å²) in [4.78, 5) is 11.4. The Morgan fingerprint density at radius 2 is 2.12 bits per heavy atom. The van der Waals surface area contributed by atoms with E-state index in [4.69, 9.17) is 0 Å². The standard InChI is InChI=1S/C12H8FN3/c13-9-3-4-10-11(6-9)16-12(15-10)8-2-1-5-14-7-8/h1-7H,(H,15,16). The lowest BCUT2D eigenvalue weighted by Gasteiger charge is -1.92. The van der Waals surface area contributed by atoms with E-state index in [0.29, 0.717) is 11.3 Å². The number of fused-ring (bicyclic) bond motifs is 1. The van der Waals surface area contributed by atoms with Crippen LogP contribution in [-0.4, -0.2) is 15.0 Å². The Bertz CT molecular complexity index is 631. The number of hydrogen-bond donors (Lipinski definition) is 1. The fourth-order valence-electron chi connectivity index (χ4n) is 1.62. The summed E-state index contributed by atoms with van der Waals surface area (Å²) < 4.78 is 13.0. The van der Waals surface area contributed by atoms with Crippen LogP contribution in [0.25, 0.3) is 22.4 Å². The van der Waals surface area contributed by atoms with E-state index < -0.39 is 0 Å². The van der Waals surface area contributed by atoms with Gasteiger partial charge in [0.1, 0.15) is 11.6 Å². The van der Waals surface area contributed by atoms with Crippen LogP contribution in [0.5, 0.6) is 0 Å². The Kier molecular flexibility index (Phi) is 1.93. The van der Waals surface area contributed by atoms with Gasteiger partial charge >= 0.3 is 0 Å². The molecule has 16 heavy (non-hydrogen) atoms. The Hall–Kier alpha value is -2.23. The quantitative estimate of drug-likeness (QED) is 0.675. The third-order valence-corrected chi connectivity index (χ3v) is 2.38. The van der Waals surface area contributed by atoms with Gasteiger partial charge in [0, 0.05) is 18.0 Å². The highest BCUT2D eigenvalue weighted by Crippen LogP contribution is 2.19. The zero-order valence-corrected chi connectivity index (χ0v) is 8.31. The zero-order chi connectivity index (χ0) is 11.0. The van der Waals surface area contributed by atoms with E-state index in [-0.39, 0.29) is 5.82 Å². The number of aromatic amines is 1. The molecule has 0 unspecified atom stereocenters. The highest BCUT2D eigenvalue weighted by Gasteiger charge is 2.05. The molecule has 0 bridgehead atoms. The second kappa shape index (κ2) is 3.41. The largest absolute Gasteiger partial charge is 0.338 e. The van der Waals surface area contributed by atoms with Crippen molar-refractivity contribution in [2.45, 2.75) is 0 Å². The fourth-order valence-corrected chi connectivity index (χ4v) is 1.62. The minimum atomic E-state index is -0.270. The predicted octanol–water partition coefficient (Wildman–Crippen LogP) is 2.76. The van der Waals surface area contributed by atoms with E-state index in [9.17, 15) is 4.39 Å². The van der Waals surface area contributed by atoms with E-state index in [1.807, 2.05) is 12.1 Å². The lowest BCUT2D eigenvalue weighted by molar-refractivity contribution is 0.629. The summed E-state index contributed by atoms with van der Waals surface area (Å²) in [6.45, 7) is 0. The van der Waals surface area contributed by atoms with E-state index in [0.717, 1.165) is 11.1 Å². The van der Waals surface area contributed by atoms with Crippen LogP contribution in [0.3, 0.4) is 0 Å². The molecule has 0 spiro atoms. The van der Waals surface area contributed by atoms with E-state index in [2.05, 4.69) is 15.0 Å². The van der Waals surface area contributed by atoms with Crippen molar-refractivity contribution in [1.82, 2.24) is 15.0 Å². The van der Waals surface area contributed by atoms with Gasteiger partial charge in [0.15, 0.2) is 0 Å². The van der Waals surface area contributed by atoms with Gasteiger partial charge in [0.25, 0.3) is 0 Å². The lowest BCUT2D eigenvalue weighted by atomic mass is 10.3. The van der Waals surface area contributed by atoms with Crippen LogP contribution >= 0.6 is 0 Å². The molecule has 3 nitrogen and oxygen atoms in total. The number of halogens is 1. The SMILES string of the molecule is Fc1ccc2nc(-c3cccnc3)[nH]c2c1. The Morgan fingerprint density at radius 3 is 2.94 bits per heavy atom. The number of imidazole rings is 1. The van der Waals surface area contributed by atoms with Crippen molar-refractivity contribution in [1.29, 1.82) is 0 Å². The summed E-state index contributed by atoms with van der Waals surface area (Å²) in [5.41, 5.74) is 2.33. The number of aromatic nitrogens is 3. The van der Waals surface area contributed by atoms with Crippen molar-refractivity contribution in [2.24, 2.45) is 0 Å². The van der Waals surface area contributed by atoms with Crippen LogP contribution < -0.4 is 0 Å². The maximum atomic E-state index is 13.0. The first kappa shape index (κ1) is 9.03. The number of nitrogens with zero attached hydrogens (tertiary/aromatic N) is 2. The molecule has 0 fully saturated rings. The second-order valence-electron chi connectivity index (χ2n) is 3.49. The molecule has 0 saturated carbocycles. The van der Waals surface area contributed by atoms with Crippen molar-refractivity contribution in [3.63, 3.8) is 0 Å². The van der Waals surface area contributed by atoms with Crippen molar-refractivity contribution < 1.29 is 4.39 Å². The van der Waals surface area contributed by atoms with Gasteiger partial charge < -0.3 is 4.98 Å². The van der Waals surface area contributed by atoms with Gasteiger partial charge in [-0.1, -0.05) is 0 Å². The first-order valence-electron chi connectivity index (χ1n) is 4.88. The summed E-state index contributed by atoms with van der Waals surface area (Å²) in [5.74, 6) is 0.433. The maximum absolute atomic E-state index is 13.0.